The van der Waals surface area contributed by atoms with E-state index in [0.29, 0.717) is 21.4 Å². The van der Waals surface area contributed by atoms with E-state index in [0.717, 1.165) is 51.6 Å². The predicted molar refractivity (Wildman–Crippen MR) is 356 cm³/mol. The molecule has 438 valence electrons. The first kappa shape index (κ1) is 65.0. The van der Waals surface area contributed by atoms with Crippen molar-refractivity contribution >= 4 is 91.1 Å². The van der Waals surface area contributed by atoms with E-state index in [1.807, 2.05) is 146 Å². The van der Waals surface area contributed by atoms with E-state index < -0.39 is 106 Å². The standard InChI is InChI=1S/C66H81I3O9S3/c1-61(2,3)46-19-31-52(32-20-46)67(53-33-21-47(22-34-53)62(4,5)6)76-79(70,71)58-43-59(80(72,73)77-68(54-35-23-48(24-36-54)63(7,8)9)55-37-25-49(26-38-55)64(10,11)12)45-60(44-58)81(74,75)78-69(56-39-27-50(28-40-56)65(13,14)15)57-41-29-51(30-42-57)66(16,17)18/h19-45H,1-18H3. The Morgan fingerprint density at radius 2 is 0.358 bits per heavy atom. The molecular weight excluding hydrogens is 1410 g/mol. The maximum atomic E-state index is 15.3. The molecule has 9 nitrogen and oxygen atoms in total. The first-order valence-electron chi connectivity index (χ1n) is 26.9. The van der Waals surface area contributed by atoms with E-state index in [4.69, 9.17) is 7.54 Å². The second-order valence-electron chi connectivity index (χ2n) is 26.5. The van der Waals surface area contributed by atoms with Crippen LogP contribution in [0.4, 0.5) is 0 Å². The van der Waals surface area contributed by atoms with Crippen LogP contribution < -0.4 is 0 Å². The molecule has 15 heteroatoms. The molecule has 81 heavy (non-hydrogen) atoms. The van der Waals surface area contributed by atoms with Crippen LogP contribution >= 0.6 is 60.7 Å². The van der Waals surface area contributed by atoms with Crippen molar-refractivity contribution in [2.24, 2.45) is 0 Å². The van der Waals surface area contributed by atoms with Gasteiger partial charge >= 0.3 is 514 Å². The third kappa shape index (κ3) is 16.3. The van der Waals surface area contributed by atoms with Gasteiger partial charge in [0.2, 0.25) is 0 Å². The summed E-state index contributed by atoms with van der Waals surface area (Å²) in [5.74, 6) is 0. The van der Waals surface area contributed by atoms with Crippen molar-refractivity contribution in [3.63, 3.8) is 0 Å². The summed E-state index contributed by atoms with van der Waals surface area (Å²) in [7, 11) is -15.0. The zero-order valence-electron chi connectivity index (χ0n) is 50.1. The Morgan fingerprint density at radius 3 is 0.469 bits per heavy atom. The topological polar surface area (TPSA) is 130 Å². The molecule has 0 saturated heterocycles. The number of hydrogen-bond donors (Lipinski definition) is 0. The molecule has 0 N–H and O–H groups in total. The van der Waals surface area contributed by atoms with Gasteiger partial charge in [-0.05, 0) is 0 Å². The van der Waals surface area contributed by atoms with Crippen LogP contribution in [0.3, 0.4) is 0 Å². The SMILES string of the molecule is CC(C)(C)c1ccc(I(OS(=O)(=O)c2cc(S(=O)(=O)OI(c3ccc(C(C)(C)C)cc3)c3ccc(C(C)(C)C)cc3)cc(S(=O)(=O)OI(c3ccc(C(C)(C)C)cc3)c3ccc(C(C)(C)C)cc3)c2)c2ccc(C(C)(C)C)cc2)cc1. The van der Waals surface area contributed by atoms with Gasteiger partial charge in [-0.2, -0.15) is 0 Å². The molecule has 7 rings (SSSR count). The zero-order chi connectivity index (χ0) is 60.1. The summed E-state index contributed by atoms with van der Waals surface area (Å²) in [6.45, 7) is 37.7. The third-order valence-corrected chi connectivity index (χ3v) is 35.5. The van der Waals surface area contributed by atoms with Gasteiger partial charge in [-0.15, -0.1) is 0 Å². The minimum atomic E-state index is -4.98. The number of rotatable bonds is 15. The normalized spacial score (nSPS) is 13.9. The fourth-order valence-corrected chi connectivity index (χ4v) is 29.4. The second kappa shape index (κ2) is 24.1. The van der Waals surface area contributed by atoms with Gasteiger partial charge in [0.1, 0.15) is 0 Å². The Balaban J connectivity index is 1.43. The fraction of sp³-hybridized carbons (Fsp3) is 0.364. The summed E-state index contributed by atoms with van der Waals surface area (Å²) in [6.07, 6.45) is 0. The summed E-state index contributed by atoms with van der Waals surface area (Å²) in [5, 5.41) is 0. The van der Waals surface area contributed by atoms with Crippen molar-refractivity contribution < 1.29 is 32.8 Å². The van der Waals surface area contributed by atoms with E-state index in [2.05, 4.69) is 125 Å². The summed E-state index contributed by atoms with van der Waals surface area (Å²) in [5.41, 5.74) is 5.05. The molecule has 0 aliphatic rings. The minimum absolute atomic E-state index is 0.196. The molecule has 0 amide bonds. The Morgan fingerprint density at radius 1 is 0.235 bits per heavy atom. The molecule has 0 fully saturated rings. The molecule has 0 bridgehead atoms. The average Bonchev–Trinajstić information content (AvgIpc) is 3.51. The van der Waals surface area contributed by atoms with Crippen LogP contribution in [-0.2, 0) is 70.4 Å². The Hall–Kier alpha value is -3.54. The Kier molecular flexibility index (Phi) is 19.3. The molecule has 0 saturated carbocycles. The predicted octanol–water partition coefficient (Wildman–Crippen LogP) is 18.1. The molecule has 0 spiro atoms. The maximum absolute atomic E-state index is 15.3. The van der Waals surface area contributed by atoms with E-state index in [1.165, 1.54) is 0 Å². The Bertz CT molecular complexity index is 3100. The number of hydrogen-bond acceptors (Lipinski definition) is 9. The van der Waals surface area contributed by atoms with E-state index in [9.17, 15) is 0 Å². The van der Waals surface area contributed by atoms with Crippen molar-refractivity contribution in [3.05, 3.63) is 219 Å². The van der Waals surface area contributed by atoms with Gasteiger partial charge in [0, 0.05) is 0 Å². The molecule has 0 radical (unpaired) electrons. The number of benzene rings is 7. The van der Waals surface area contributed by atoms with Gasteiger partial charge < -0.3 is 0 Å². The van der Waals surface area contributed by atoms with Crippen LogP contribution in [0.2, 0.25) is 0 Å². The molecule has 0 atom stereocenters. The summed E-state index contributed by atoms with van der Waals surface area (Å²) in [4.78, 5) is -2.03. The average molecular weight is 1500 g/mol. The molecular formula is C66H81I3O9S3. The fourth-order valence-electron chi connectivity index (χ4n) is 8.32. The molecule has 7 aromatic carbocycles. The summed E-state index contributed by atoms with van der Waals surface area (Å²) < 4.78 is 115. The van der Waals surface area contributed by atoms with E-state index >= 15 is 25.3 Å². The zero-order valence-corrected chi connectivity index (χ0v) is 59.0. The van der Waals surface area contributed by atoms with Crippen molar-refractivity contribution in [3.8, 4) is 0 Å². The van der Waals surface area contributed by atoms with Crippen LogP contribution in [0.1, 0.15) is 158 Å². The summed E-state index contributed by atoms with van der Waals surface area (Å²) in [6, 6.07) is 49.1. The molecule has 0 aliphatic carbocycles. The van der Waals surface area contributed by atoms with Crippen molar-refractivity contribution in [2.45, 2.75) is 172 Å². The third-order valence-electron chi connectivity index (χ3n) is 13.6. The van der Waals surface area contributed by atoms with Gasteiger partial charge in [-0.25, -0.2) is 0 Å². The van der Waals surface area contributed by atoms with Gasteiger partial charge in [-0.1, -0.05) is 0 Å². The monoisotopic (exact) mass is 1490 g/mol. The molecule has 0 heterocycles. The van der Waals surface area contributed by atoms with E-state index in [1.54, 1.807) is 0 Å². The van der Waals surface area contributed by atoms with Crippen LogP contribution in [0.15, 0.2) is 178 Å². The van der Waals surface area contributed by atoms with Crippen LogP contribution in [0.5, 0.6) is 0 Å². The van der Waals surface area contributed by atoms with Gasteiger partial charge in [0.05, 0.1) is 0 Å². The van der Waals surface area contributed by atoms with Crippen LogP contribution in [0.25, 0.3) is 0 Å². The summed E-state index contributed by atoms with van der Waals surface area (Å²) >= 11 is -10.4. The van der Waals surface area contributed by atoms with Crippen molar-refractivity contribution in [2.75, 3.05) is 0 Å². The van der Waals surface area contributed by atoms with E-state index in [-0.39, 0.29) is 32.5 Å². The quantitative estimate of drug-likeness (QED) is 0.0921. The first-order chi connectivity index (χ1) is 37.1. The van der Waals surface area contributed by atoms with Gasteiger partial charge in [-0.3, -0.25) is 0 Å². The second-order valence-corrected chi connectivity index (χ2v) is 46.0. The van der Waals surface area contributed by atoms with Crippen LogP contribution in [-0.4, -0.2) is 25.3 Å². The molecule has 0 unspecified atom stereocenters. The van der Waals surface area contributed by atoms with Gasteiger partial charge in [0.15, 0.2) is 0 Å². The number of halogens is 3. The first-order valence-corrected chi connectivity index (χ1v) is 40.2. The Labute approximate surface area is 509 Å². The van der Waals surface area contributed by atoms with Crippen molar-refractivity contribution in [1.82, 2.24) is 0 Å². The molecule has 0 aliphatic heterocycles. The van der Waals surface area contributed by atoms with Gasteiger partial charge in [0.25, 0.3) is 0 Å². The molecule has 7 aromatic rings. The van der Waals surface area contributed by atoms with Crippen molar-refractivity contribution in [1.29, 1.82) is 0 Å². The molecule has 0 aromatic heterocycles. The van der Waals surface area contributed by atoms with Crippen LogP contribution in [0, 0.1) is 21.4 Å².